The van der Waals surface area contributed by atoms with Crippen molar-refractivity contribution in [2.75, 3.05) is 19.7 Å². The second-order valence-corrected chi connectivity index (χ2v) is 5.20. The van der Waals surface area contributed by atoms with Gasteiger partial charge in [-0.25, -0.2) is 0 Å². The number of ether oxygens (including phenoxy) is 1. The van der Waals surface area contributed by atoms with E-state index in [1.807, 2.05) is 13.0 Å². The van der Waals surface area contributed by atoms with E-state index >= 15 is 0 Å². The van der Waals surface area contributed by atoms with Crippen molar-refractivity contribution in [1.29, 1.82) is 0 Å². The molecule has 1 atom stereocenters. The summed E-state index contributed by atoms with van der Waals surface area (Å²) in [4.78, 5) is 11.6. The first-order valence-corrected chi connectivity index (χ1v) is 6.92. The zero-order chi connectivity index (χ0) is 13.7. The lowest BCUT2D eigenvalue weighted by molar-refractivity contribution is -0.123. The molecule has 104 valence electrons. The Morgan fingerprint density at radius 3 is 3.11 bits per heavy atom. The number of rotatable bonds is 5. The maximum absolute atomic E-state index is 11.6. The number of halogens is 1. The van der Waals surface area contributed by atoms with Crippen LogP contribution >= 0.6 is 11.6 Å². The van der Waals surface area contributed by atoms with Gasteiger partial charge in [0.1, 0.15) is 5.75 Å². The van der Waals surface area contributed by atoms with Crippen molar-refractivity contribution in [2.45, 2.75) is 25.8 Å². The molecule has 1 aliphatic heterocycles. The summed E-state index contributed by atoms with van der Waals surface area (Å²) in [5.41, 5.74) is 0.940. The number of hydrogen-bond donors (Lipinski definition) is 2. The van der Waals surface area contributed by atoms with Crippen LogP contribution in [-0.2, 0) is 4.79 Å². The Morgan fingerprint density at radius 1 is 1.58 bits per heavy atom. The highest BCUT2D eigenvalue weighted by Crippen LogP contribution is 2.20. The molecule has 0 spiro atoms. The van der Waals surface area contributed by atoms with Gasteiger partial charge in [-0.1, -0.05) is 11.6 Å². The van der Waals surface area contributed by atoms with Crippen molar-refractivity contribution >= 4 is 17.5 Å². The Bertz CT molecular complexity index is 445. The van der Waals surface area contributed by atoms with Crippen LogP contribution in [0.25, 0.3) is 0 Å². The monoisotopic (exact) mass is 282 g/mol. The normalized spacial score (nSPS) is 18.3. The van der Waals surface area contributed by atoms with Gasteiger partial charge in [-0.05, 0) is 50.1 Å². The zero-order valence-electron chi connectivity index (χ0n) is 11.0. The lowest BCUT2D eigenvalue weighted by Crippen LogP contribution is -2.39. The number of carbonyl (C=O) groups excluding carboxylic acids is 1. The highest BCUT2D eigenvalue weighted by atomic mass is 35.5. The molecular formula is C14H19ClN2O2. The number of carbonyl (C=O) groups is 1. The van der Waals surface area contributed by atoms with Gasteiger partial charge in [0.25, 0.3) is 5.91 Å². The third-order valence-corrected chi connectivity index (χ3v) is 3.63. The summed E-state index contributed by atoms with van der Waals surface area (Å²) in [5.74, 6) is 0.567. The van der Waals surface area contributed by atoms with Gasteiger partial charge in [0.05, 0.1) is 0 Å². The van der Waals surface area contributed by atoms with Crippen molar-refractivity contribution in [3.63, 3.8) is 0 Å². The third-order valence-electron chi connectivity index (χ3n) is 3.21. The summed E-state index contributed by atoms with van der Waals surface area (Å²) in [6, 6.07) is 5.77. The summed E-state index contributed by atoms with van der Waals surface area (Å²) >= 11 is 5.92. The van der Waals surface area contributed by atoms with E-state index in [9.17, 15) is 4.79 Å². The van der Waals surface area contributed by atoms with Crippen LogP contribution in [0.3, 0.4) is 0 Å². The smallest absolute Gasteiger partial charge is 0.257 e. The standard InChI is InChI=1S/C14H19ClN2O2/c1-10-7-12(4-5-13(10)15)19-9-14(18)17-8-11-3-2-6-16-11/h4-5,7,11,16H,2-3,6,8-9H2,1H3,(H,17,18). The summed E-state index contributed by atoms with van der Waals surface area (Å²) in [5, 5.41) is 6.90. The van der Waals surface area contributed by atoms with Crippen molar-refractivity contribution in [2.24, 2.45) is 0 Å². The van der Waals surface area contributed by atoms with Gasteiger partial charge < -0.3 is 15.4 Å². The number of benzene rings is 1. The minimum atomic E-state index is -0.0960. The number of aryl methyl sites for hydroxylation is 1. The van der Waals surface area contributed by atoms with Gasteiger partial charge in [-0.15, -0.1) is 0 Å². The van der Waals surface area contributed by atoms with E-state index in [-0.39, 0.29) is 12.5 Å². The van der Waals surface area contributed by atoms with E-state index in [0.29, 0.717) is 23.4 Å². The van der Waals surface area contributed by atoms with Gasteiger partial charge in [-0.3, -0.25) is 4.79 Å². The fourth-order valence-corrected chi connectivity index (χ4v) is 2.19. The molecule has 1 aromatic carbocycles. The number of nitrogens with one attached hydrogen (secondary N) is 2. The molecular weight excluding hydrogens is 264 g/mol. The molecule has 1 aliphatic rings. The summed E-state index contributed by atoms with van der Waals surface area (Å²) in [6.45, 7) is 3.65. The highest BCUT2D eigenvalue weighted by Gasteiger charge is 2.14. The van der Waals surface area contributed by atoms with Crippen LogP contribution in [0.5, 0.6) is 5.75 Å². The maximum Gasteiger partial charge on any atom is 0.257 e. The Morgan fingerprint density at radius 2 is 2.42 bits per heavy atom. The molecule has 19 heavy (non-hydrogen) atoms. The first-order valence-electron chi connectivity index (χ1n) is 6.54. The average molecular weight is 283 g/mol. The molecule has 0 saturated carbocycles. The maximum atomic E-state index is 11.6. The van der Waals surface area contributed by atoms with Crippen LogP contribution in [0.2, 0.25) is 5.02 Å². The summed E-state index contributed by atoms with van der Waals surface area (Å²) in [7, 11) is 0. The van der Waals surface area contributed by atoms with E-state index in [1.54, 1.807) is 12.1 Å². The average Bonchev–Trinajstić information content (AvgIpc) is 2.91. The molecule has 4 nitrogen and oxygen atoms in total. The second kappa shape index (κ2) is 6.78. The molecule has 1 unspecified atom stereocenters. The fraction of sp³-hybridized carbons (Fsp3) is 0.500. The van der Waals surface area contributed by atoms with Crippen LogP contribution in [0.15, 0.2) is 18.2 Å². The van der Waals surface area contributed by atoms with E-state index < -0.39 is 0 Å². The van der Waals surface area contributed by atoms with Crippen molar-refractivity contribution < 1.29 is 9.53 Å². The second-order valence-electron chi connectivity index (χ2n) is 4.80. The van der Waals surface area contributed by atoms with E-state index in [0.717, 1.165) is 18.5 Å². The predicted molar refractivity (Wildman–Crippen MR) is 75.7 cm³/mol. The Balaban J connectivity index is 1.71. The largest absolute Gasteiger partial charge is 0.484 e. The quantitative estimate of drug-likeness (QED) is 0.867. The van der Waals surface area contributed by atoms with Crippen molar-refractivity contribution in [3.8, 4) is 5.75 Å². The van der Waals surface area contributed by atoms with Crippen LogP contribution in [0, 0.1) is 6.92 Å². The van der Waals surface area contributed by atoms with Gasteiger partial charge in [-0.2, -0.15) is 0 Å². The molecule has 1 fully saturated rings. The molecule has 1 amide bonds. The zero-order valence-corrected chi connectivity index (χ0v) is 11.8. The van der Waals surface area contributed by atoms with Gasteiger partial charge in [0, 0.05) is 17.6 Å². The SMILES string of the molecule is Cc1cc(OCC(=O)NCC2CCCN2)ccc1Cl. The molecule has 1 aromatic rings. The number of hydrogen-bond acceptors (Lipinski definition) is 3. The van der Waals surface area contributed by atoms with E-state index in [1.165, 1.54) is 6.42 Å². The molecule has 2 N–H and O–H groups in total. The molecule has 1 saturated heterocycles. The summed E-state index contributed by atoms with van der Waals surface area (Å²) < 4.78 is 5.43. The minimum absolute atomic E-state index is 0.0355. The van der Waals surface area contributed by atoms with E-state index in [2.05, 4.69) is 10.6 Å². The van der Waals surface area contributed by atoms with Crippen LogP contribution in [0.1, 0.15) is 18.4 Å². The molecule has 5 heteroatoms. The van der Waals surface area contributed by atoms with Crippen molar-refractivity contribution in [3.05, 3.63) is 28.8 Å². The molecule has 0 bridgehead atoms. The van der Waals surface area contributed by atoms with E-state index in [4.69, 9.17) is 16.3 Å². The fourth-order valence-electron chi connectivity index (χ4n) is 2.07. The lowest BCUT2D eigenvalue weighted by Gasteiger charge is -2.12. The molecule has 0 radical (unpaired) electrons. The lowest BCUT2D eigenvalue weighted by atomic mass is 10.2. The van der Waals surface area contributed by atoms with Gasteiger partial charge in [0.15, 0.2) is 6.61 Å². The molecule has 0 aromatic heterocycles. The van der Waals surface area contributed by atoms with Crippen LogP contribution in [0.4, 0.5) is 0 Å². The first kappa shape index (κ1) is 14.2. The highest BCUT2D eigenvalue weighted by molar-refractivity contribution is 6.31. The molecule has 0 aliphatic carbocycles. The Hall–Kier alpha value is -1.26. The number of amides is 1. The Kier molecular flexibility index (Phi) is 5.05. The topological polar surface area (TPSA) is 50.4 Å². The van der Waals surface area contributed by atoms with Crippen LogP contribution < -0.4 is 15.4 Å². The van der Waals surface area contributed by atoms with Gasteiger partial charge >= 0.3 is 0 Å². The minimum Gasteiger partial charge on any atom is -0.484 e. The first-order chi connectivity index (χ1) is 9.15. The predicted octanol–water partition coefficient (Wildman–Crippen LogP) is 1.90. The summed E-state index contributed by atoms with van der Waals surface area (Å²) in [6.07, 6.45) is 2.30. The van der Waals surface area contributed by atoms with Crippen molar-refractivity contribution in [1.82, 2.24) is 10.6 Å². The van der Waals surface area contributed by atoms with Gasteiger partial charge in [0.2, 0.25) is 0 Å². The molecule has 1 heterocycles. The third kappa shape index (κ3) is 4.40. The van der Waals surface area contributed by atoms with Crippen LogP contribution in [-0.4, -0.2) is 31.6 Å². The Labute approximate surface area is 118 Å². The molecule has 2 rings (SSSR count).